The van der Waals surface area contributed by atoms with Crippen LogP contribution >= 0.6 is 11.8 Å². The lowest BCUT2D eigenvalue weighted by Gasteiger charge is -2.44. The quantitative estimate of drug-likeness (QED) is 0.394. The van der Waals surface area contributed by atoms with Crippen LogP contribution in [-0.2, 0) is 9.59 Å². The number of carbonyl (C=O) groups excluding carboxylic acids is 4. The monoisotopic (exact) mass is 503 g/mol. The summed E-state index contributed by atoms with van der Waals surface area (Å²) >= 11 is 1.53. The molecular weight excluding hydrogens is 482 g/mol. The molecular formula is C24H21N7O4S. The molecule has 3 aromatic rings. The fraction of sp³-hybridized carbons (Fsp3) is 0.292. The molecule has 6 rings (SSSR count). The van der Waals surface area contributed by atoms with E-state index in [-0.39, 0.29) is 22.4 Å². The summed E-state index contributed by atoms with van der Waals surface area (Å²) < 4.78 is -0.426. The second-order valence-electron chi connectivity index (χ2n) is 9.36. The van der Waals surface area contributed by atoms with Crippen LogP contribution in [0.25, 0.3) is 0 Å². The third-order valence-corrected chi connectivity index (χ3v) is 8.36. The molecule has 4 amide bonds. The molecule has 2 aromatic carbocycles. The normalized spacial score (nSPS) is 24.8. The maximum absolute atomic E-state index is 13.7. The zero-order chi connectivity index (χ0) is 25.2. The molecule has 11 nitrogen and oxygen atoms in total. The van der Waals surface area contributed by atoms with Crippen molar-refractivity contribution >= 4 is 35.4 Å². The Balaban J connectivity index is 1.30. The summed E-state index contributed by atoms with van der Waals surface area (Å²) in [6.45, 7) is 3.96. The highest BCUT2D eigenvalue weighted by Gasteiger charge is 2.63. The molecule has 36 heavy (non-hydrogen) atoms. The molecule has 4 atom stereocenters. The number of aromatic amines is 1. The van der Waals surface area contributed by atoms with Crippen molar-refractivity contribution in [3.63, 3.8) is 0 Å². The molecule has 4 heterocycles. The number of imide groups is 1. The van der Waals surface area contributed by atoms with Crippen molar-refractivity contribution in [2.75, 3.05) is 0 Å². The van der Waals surface area contributed by atoms with Crippen LogP contribution in [0.2, 0.25) is 0 Å². The number of carbonyl (C=O) groups is 4. The SMILES string of the molecule is CC1(C)S[C@H]2C(NC(=O)C(c3ccccc3)N3C(=O)c4ccccc4C3=O)C(=O)N2C1c1nn[nH]n1. The van der Waals surface area contributed by atoms with Crippen LogP contribution in [0, 0.1) is 0 Å². The van der Waals surface area contributed by atoms with Crippen molar-refractivity contribution in [3.05, 3.63) is 77.1 Å². The summed E-state index contributed by atoms with van der Waals surface area (Å²) in [7, 11) is 0. The van der Waals surface area contributed by atoms with Gasteiger partial charge in [0.15, 0.2) is 5.82 Å². The van der Waals surface area contributed by atoms with Gasteiger partial charge < -0.3 is 10.2 Å². The number of rotatable bonds is 5. The zero-order valence-electron chi connectivity index (χ0n) is 19.3. The highest BCUT2D eigenvalue weighted by Crippen LogP contribution is 2.56. The Bertz CT molecular complexity index is 1360. The standard InChI is InChI=1S/C24H21N7O4S/c1-24(2)17(18-26-28-29-27-18)31-22(35)15(23(31)36-24)25-19(32)16(12-8-4-3-5-9-12)30-20(33)13-10-6-7-11-14(13)21(30)34/h3-11,15-17,23H,1-2H3,(H,25,32)(H,26,27,28,29)/t15?,16?,17?,23-/m0/s1. The van der Waals surface area contributed by atoms with E-state index in [0.29, 0.717) is 11.4 Å². The second kappa shape index (κ2) is 7.98. The Hall–Kier alpha value is -4.06. The van der Waals surface area contributed by atoms with E-state index in [2.05, 4.69) is 25.9 Å². The number of H-pyrrole nitrogens is 1. The molecule has 182 valence electrons. The summed E-state index contributed by atoms with van der Waals surface area (Å²) in [4.78, 5) is 56.0. The molecule has 3 unspecified atom stereocenters. The second-order valence-corrected chi connectivity index (χ2v) is 11.1. The number of hydrogen-bond acceptors (Lipinski definition) is 8. The molecule has 2 N–H and O–H groups in total. The molecule has 12 heteroatoms. The molecule has 3 aliphatic heterocycles. The van der Waals surface area contributed by atoms with Crippen LogP contribution < -0.4 is 5.32 Å². The molecule has 3 aliphatic rings. The number of tetrazole rings is 1. The van der Waals surface area contributed by atoms with E-state index < -0.39 is 40.6 Å². The number of benzene rings is 2. The van der Waals surface area contributed by atoms with Gasteiger partial charge in [0.2, 0.25) is 11.8 Å². The minimum absolute atomic E-state index is 0.248. The lowest BCUT2D eigenvalue weighted by molar-refractivity contribution is -0.152. The molecule has 0 bridgehead atoms. The van der Waals surface area contributed by atoms with Crippen LogP contribution in [0.5, 0.6) is 0 Å². The van der Waals surface area contributed by atoms with Crippen molar-refractivity contribution < 1.29 is 19.2 Å². The van der Waals surface area contributed by atoms with Gasteiger partial charge in [-0.3, -0.25) is 24.1 Å². The maximum Gasteiger partial charge on any atom is 0.262 e. The molecule has 2 saturated heterocycles. The summed E-state index contributed by atoms with van der Waals surface area (Å²) in [5.74, 6) is -1.57. The van der Waals surface area contributed by atoms with E-state index in [0.717, 1.165) is 4.90 Å². The first-order valence-electron chi connectivity index (χ1n) is 11.3. The van der Waals surface area contributed by atoms with Crippen molar-refractivity contribution in [1.29, 1.82) is 0 Å². The number of fused-ring (bicyclic) bond motifs is 2. The van der Waals surface area contributed by atoms with Gasteiger partial charge in [-0.05, 0) is 31.5 Å². The number of hydrogen-bond donors (Lipinski definition) is 2. The summed E-state index contributed by atoms with van der Waals surface area (Å²) in [5, 5.41) is 16.7. The highest BCUT2D eigenvalue weighted by molar-refractivity contribution is 8.01. The largest absolute Gasteiger partial charge is 0.340 e. The average Bonchev–Trinajstić information content (AvgIpc) is 3.55. The third kappa shape index (κ3) is 3.17. The predicted octanol–water partition coefficient (Wildman–Crippen LogP) is 1.46. The topological polar surface area (TPSA) is 141 Å². The molecule has 1 aromatic heterocycles. The lowest BCUT2D eigenvalue weighted by Crippen LogP contribution is -2.68. The molecule has 0 spiro atoms. The Labute approximate surface area is 209 Å². The summed E-state index contributed by atoms with van der Waals surface area (Å²) in [6, 6.07) is 12.6. The van der Waals surface area contributed by atoms with Gasteiger partial charge in [-0.2, -0.15) is 5.21 Å². The van der Waals surface area contributed by atoms with Crippen LogP contribution in [0.1, 0.15) is 58.0 Å². The Morgan fingerprint density at radius 3 is 2.28 bits per heavy atom. The van der Waals surface area contributed by atoms with Gasteiger partial charge in [-0.25, -0.2) is 0 Å². The molecule has 0 saturated carbocycles. The van der Waals surface area contributed by atoms with Gasteiger partial charge in [-0.1, -0.05) is 47.7 Å². The molecule has 0 aliphatic carbocycles. The Morgan fingerprint density at radius 2 is 1.67 bits per heavy atom. The average molecular weight is 504 g/mol. The van der Waals surface area contributed by atoms with Crippen molar-refractivity contribution in [1.82, 2.24) is 35.7 Å². The zero-order valence-corrected chi connectivity index (χ0v) is 20.1. The van der Waals surface area contributed by atoms with E-state index in [1.54, 1.807) is 59.5 Å². The maximum atomic E-state index is 13.7. The molecule has 2 fully saturated rings. The third-order valence-electron chi connectivity index (χ3n) is 6.79. The number of amides is 4. The first-order valence-corrected chi connectivity index (χ1v) is 12.2. The number of β-lactam (4-membered cyclic amide) rings is 1. The van der Waals surface area contributed by atoms with Gasteiger partial charge in [0, 0.05) is 4.75 Å². The van der Waals surface area contributed by atoms with E-state index in [4.69, 9.17) is 0 Å². The summed E-state index contributed by atoms with van der Waals surface area (Å²) in [5.41, 5.74) is 0.966. The van der Waals surface area contributed by atoms with Crippen LogP contribution in [-0.4, -0.2) is 70.2 Å². The van der Waals surface area contributed by atoms with E-state index in [1.165, 1.54) is 11.8 Å². The van der Waals surface area contributed by atoms with E-state index in [1.807, 2.05) is 13.8 Å². The fourth-order valence-electron chi connectivity index (χ4n) is 5.18. The fourth-order valence-corrected chi connectivity index (χ4v) is 6.81. The van der Waals surface area contributed by atoms with E-state index >= 15 is 0 Å². The first kappa shape index (κ1) is 22.4. The van der Waals surface area contributed by atoms with Crippen molar-refractivity contribution in [2.24, 2.45) is 0 Å². The lowest BCUT2D eigenvalue weighted by atomic mass is 9.95. The van der Waals surface area contributed by atoms with Crippen LogP contribution in [0.3, 0.4) is 0 Å². The van der Waals surface area contributed by atoms with Crippen molar-refractivity contribution in [3.8, 4) is 0 Å². The molecule has 0 radical (unpaired) electrons. The summed E-state index contributed by atoms with van der Waals surface area (Å²) in [6.07, 6.45) is 0. The minimum Gasteiger partial charge on any atom is -0.340 e. The van der Waals surface area contributed by atoms with Gasteiger partial charge in [-0.15, -0.1) is 22.0 Å². The highest BCUT2D eigenvalue weighted by atomic mass is 32.2. The number of nitrogens with one attached hydrogen (secondary N) is 2. The van der Waals surface area contributed by atoms with Gasteiger partial charge in [0.1, 0.15) is 23.5 Å². The van der Waals surface area contributed by atoms with E-state index in [9.17, 15) is 19.2 Å². The smallest absolute Gasteiger partial charge is 0.262 e. The minimum atomic E-state index is -1.23. The van der Waals surface area contributed by atoms with Gasteiger partial charge in [0.05, 0.1) is 11.1 Å². The van der Waals surface area contributed by atoms with Crippen molar-refractivity contribution in [2.45, 2.75) is 42.1 Å². The number of thioether (sulfide) groups is 1. The number of aromatic nitrogens is 4. The predicted molar refractivity (Wildman–Crippen MR) is 127 cm³/mol. The Kier molecular flexibility index (Phi) is 4.97. The Morgan fingerprint density at radius 1 is 1.03 bits per heavy atom. The van der Waals surface area contributed by atoms with Crippen LogP contribution in [0.15, 0.2) is 54.6 Å². The van der Waals surface area contributed by atoms with Gasteiger partial charge in [0.25, 0.3) is 11.8 Å². The first-order chi connectivity index (χ1) is 17.3. The van der Waals surface area contributed by atoms with Gasteiger partial charge >= 0.3 is 0 Å². The number of nitrogens with zero attached hydrogens (tertiary/aromatic N) is 5. The van der Waals surface area contributed by atoms with Crippen LogP contribution in [0.4, 0.5) is 0 Å².